The Morgan fingerprint density at radius 2 is 1.97 bits per heavy atom. The van der Waals surface area contributed by atoms with Crippen molar-refractivity contribution in [1.29, 1.82) is 0 Å². The first kappa shape index (κ1) is 23.2. The smallest absolute Gasteiger partial charge is 0.253 e. The molecule has 0 unspecified atom stereocenters. The molecular formula is C27H38N4O3. The van der Waals surface area contributed by atoms with E-state index in [9.17, 15) is 4.79 Å². The Labute approximate surface area is 202 Å². The summed E-state index contributed by atoms with van der Waals surface area (Å²) in [6.45, 7) is 7.71. The van der Waals surface area contributed by atoms with Crippen molar-refractivity contribution in [3.63, 3.8) is 0 Å². The molecule has 1 aromatic carbocycles. The molecule has 7 heteroatoms. The van der Waals surface area contributed by atoms with Crippen molar-refractivity contribution in [2.75, 3.05) is 60.5 Å². The highest BCUT2D eigenvalue weighted by molar-refractivity contribution is 5.94. The van der Waals surface area contributed by atoms with Crippen molar-refractivity contribution in [2.24, 2.45) is 11.8 Å². The van der Waals surface area contributed by atoms with Crippen LogP contribution in [0.3, 0.4) is 0 Å². The summed E-state index contributed by atoms with van der Waals surface area (Å²) in [6, 6.07) is 6.51. The first-order valence-corrected chi connectivity index (χ1v) is 12.7. The number of nitrogens with one attached hydrogen (secondary N) is 1. The molecule has 3 aliphatic rings. The lowest BCUT2D eigenvalue weighted by molar-refractivity contribution is -0.130. The van der Waals surface area contributed by atoms with E-state index in [2.05, 4.69) is 34.8 Å². The molecule has 0 aliphatic carbocycles. The minimum atomic E-state index is 0.154. The number of rotatable bonds is 5. The Morgan fingerprint density at radius 3 is 2.68 bits per heavy atom. The molecule has 7 nitrogen and oxygen atoms in total. The topological polar surface area (TPSA) is 61.0 Å². The van der Waals surface area contributed by atoms with Gasteiger partial charge >= 0.3 is 0 Å². The highest BCUT2D eigenvalue weighted by Crippen LogP contribution is 2.47. The van der Waals surface area contributed by atoms with E-state index in [1.807, 2.05) is 17.0 Å². The number of amides is 1. The number of fused-ring (bicyclic) bond motifs is 5. The Kier molecular flexibility index (Phi) is 6.58. The molecule has 2 saturated heterocycles. The maximum absolute atomic E-state index is 13.7. The maximum atomic E-state index is 13.7. The zero-order valence-electron chi connectivity index (χ0n) is 21.0. The number of methoxy groups -OCH3 is 2. The number of piperazine rings is 1. The molecule has 1 aromatic heterocycles. The van der Waals surface area contributed by atoms with Crippen LogP contribution in [0.15, 0.2) is 30.0 Å². The van der Waals surface area contributed by atoms with Gasteiger partial charge in [0, 0.05) is 55.9 Å². The average molecular weight is 467 g/mol. The Bertz CT molecular complexity index is 1070. The third kappa shape index (κ3) is 3.99. The van der Waals surface area contributed by atoms with Gasteiger partial charge in [0.1, 0.15) is 5.75 Å². The second kappa shape index (κ2) is 9.62. The van der Waals surface area contributed by atoms with Gasteiger partial charge in [-0.2, -0.15) is 0 Å². The van der Waals surface area contributed by atoms with Gasteiger partial charge in [0.25, 0.3) is 5.91 Å². The number of hydrogen-bond donors (Lipinski definition) is 1. The number of aromatic amines is 1. The van der Waals surface area contributed by atoms with Gasteiger partial charge in [-0.05, 0) is 49.4 Å². The molecule has 34 heavy (non-hydrogen) atoms. The van der Waals surface area contributed by atoms with Crippen LogP contribution in [0, 0.1) is 11.8 Å². The number of piperidine rings is 1. The number of nitrogens with zero attached hydrogens (tertiary/aromatic N) is 3. The van der Waals surface area contributed by atoms with Crippen LogP contribution < -0.4 is 4.74 Å². The van der Waals surface area contributed by atoms with Crippen LogP contribution >= 0.6 is 0 Å². The Morgan fingerprint density at radius 1 is 1.18 bits per heavy atom. The molecule has 0 bridgehead atoms. The summed E-state index contributed by atoms with van der Waals surface area (Å²) >= 11 is 0. The second-order valence-corrected chi connectivity index (χ2v) is 10.1. The van der Waals surface area contributed by atoms with Crippen molar-refractivity contribution in [2.45, 2.75) is 32.2 Å². The molecular weight excluding hydrogens is 428 g/mol. The van der Waals surface area contributed by atoms with E-state index < -0.39 is 0 Å². The lowest BCUT2D eigenvalue weighted by atomic mass is 9.73. The van der Waals surface area contributed by atoms with Gasteiger partial charge in [0.05, 0.1) is 32.1 Å². The number of likely N-dealkylation sites (N-methyl/N-ethyl adjacent to an activating group) is 1. The van der Waals surface area contributed by atoms with Gasteiger partial charge in [-0.15, -0.1) is 0 Å². The van der Waals surface area contributed by atoms with E-state index >= 15 is 0 Å². The highest BCUT2D eigenvalue weighted by Gasteiger charge is 2.43. The summed E-state index contributed by atoms with van der Waals surface area (Å²) < 4.78 is 11.2. The maximum Gasteiger partial charge on any atom is 0.253 e. The fourth-order valence-corrected chi connectivity index (χ4v) is 6.37. The number of benzene rings is 1. The molecule has 2 fully saturated rings. The van der Waals surface area contributed by atoms with Gasteiger partial charge in [-0.3, -0.25) is 9.69 Å². The van der Waals surface area contributed by atoms with Crippen molar-refractivity contribution < 1.29 is 14.3 Å². The van der Waals surface area contributed by atoms with Crippen LogP contribution in [0.4, 0.5) is 0 Å². The average Bonchev–Trinajstić information content (AvgIpc) is 3.26. The molecule has 1 N–H and O–H groups in total. The van der Waals surface area contributed by atoms with Crippen molar-refractivity contribution in [3.8, 4) is 5.75 Å². The fraction of sp³-hybridized carbons (Fsp3) is 0.593. The summed E-state index contributed by atoms with van der Waals surface area (Å²) in [5.74, 6) is 1.71. The van der Waals surface area contributed by atoms with Crippen molar-refractivity contribution in [3.05, 3.63) is 41.3 Å². The SMILES string of the molecule is CC[C@@H]1CN2CCc3c([nH]c4cccc(OC)c34)[C@@H]2C[C@@H]1/C(=C\OC)C(=O)N1CCN(C)CC1. The Hall–Kier alpha value is -2.51. The van der Waals surface area contributed by atoms with Crippen LogP contribution in [-0.2, 0) is 16.0 Å². The van der Waals surface area contributed by atoms with Gasteiger partial charge in [0.2, 0.25) is 0 Å². The number of carbonyl (C=O) groups is 1. The summed E-state index contributed by atoms with van der Waals surface area (Å²) in [5, 5.41) is 1.22. The molecule has 3 atom stereocenters. The minimum absolute atomic E-state index is 0.154. The number of hydrogen-bond acceptors (Lipinski definition) is 5. The number of ether oxygens (including phenoxy) is 2. The lowest BCUT2D eigenvalue weighted by Crippen LogP contribution is -2.50. The quantitative estimate of drug-likeness (QED) is 0.541. The first-order valence-electron chi connectivity index (χ1n) is 12.7. The summed E-state index contributed by atoms with van der Waals surface area (Å²) in [5.41, 5.74) is 4.67. The van der Waals surface area contributed by atoms with E-state index in [0.29, 0.717) is 5.92 Å². The fourth-order valence-electron chi connectivity index (χ4n) is 6.37. The zero-order valence-corrected chi connectivity index (χ0v) is 21.0. The van der Waals surface area contributed by atoms with E-state index in [4.69, 9.17) is 9.47 Å². The largest absolute Gasteiger partial charge is 0.504 e. The monoisotopic (exact) mass is 466 g/mol. The van der Waals surface area contributed by atoms with E-state index in [1.165, 1.54) is 16.6 Å². The van der Waals surface area contributed by atoms with Crippen molar-refractivity contribution >= 4 is 16.8 Å². The van der Waals surface area contributed by atoms with Crippen LogP contribution in [0.2, 0.25) is 0 Å². The normalized spacial score (nSPS) is 26.3. The van der Waals surface area contributed by atoms with Gasteiger partial charge in [-0.25, -0.2) is 0 Å². The summed E-state index contributed by atoms with van der Waals surface area (Å²) in [4.78, 5) is 24.4. The number of H-pyrrole nitrogens is 1. The van der Waals surface area contributed by atoms with Crippen molar-refractivity contribution in [1.82, 2.24) is 19.7 Å². The minimum Gasteiger partial charge on any atom is -0.504 e. The summed E-state index contributed by atoms with van der Waals surface area (Å²) in [7, 11) is 5.53. The lowest BCUT2D eigenvalue weighted by Gasteiger charge is -2.47. The third-order valence-corrected chi connectivity index (χ3v) is 8.29. The predicted molar refractivity (Wildman–Crippen MR) is 134 cm³/mol. The van der Waals surface area contributed by atoms with E-state index in [0.717, 1.165) is 75.4 Å². The van der Waals surface area contributed by atoms with Crippen LogP contribution in [0.5, 0.6) is 5.75 Å². The van der Waals surface area contributed by atoms with Crippen LogP contribution in [-0.4, -0.2) is 86.1 Å². The van der Waals surface area contributed by atoms with Crippen LogP contribution in [0.25, 0.3) is 10.9 Å². The number of aromatic nitrogens is 1. The molecule has 1 amide bonds. The first-order chi connectivity index (χ1) is 16.5. The van der Waals surface area contributed by atoms with E-state index in [-0.39, 0.29) is 17.9 Å². The Balaban J connectivity index is 1.48. The van der Waals surface area contributed by atoms with Gasteiger partial charge < -0.3 is 24.3 Å². The van der Waals surface area contributed by atoms with Gasteiger partial charge in [-0.1, -0.05) is 19.4 Å². The van der Waals surface area contributed by atoms with Gasteiger partial charge in [0.15, 0.2) is 0 Å². The highest BCUT2D eigenvalue weighted by atomic mass is 16.5. The standard InChI is InChI=1S/C27H38N4O3/c1-5-18-16-31-10-9-19-25-22(7-6-8-24(25)34-4)28-26(19)23(31)15-20(18)21(17-33-3)27(32)30-13-11-29(2)12-14-30/h6-8,17-18,20,23,28H,5,9-16H2,1-4H3/b21-17+/t18-,20+,23+/m1/s1. The molecule has 5 rings (SSSR count). The molecule has 184 valence electrons. The predicted octanol–water partition coefficient (Wildman–Crippen LogP) is 3.43. The third-order valence-electron chi connectivity index (χ3n) is 8.29. The van der Waals surface area contributed by atoms with Crippen LogP contribution in [0.1, 0.15) is 37.1 Å². The zero-order chi connectivity index (χ0) is 23.8. The second-order valence-electron chi connectivity index (χ2n) is 10.1. The molecule has 0 spiro atoms. The summed E-state index contributed by atoms with van der Waals surface area (Å²) in [6.07, 6.45) is 4.74. The molecule has 3 aliphatic heterocycles. The number of carbonyl (C=O) groups excluding carboxylic acids is 1. The van der Waals surface area contributed by atoms with E-state index in [1.54, 1.807) is 20.5 Å². The molecule has 0 radical (unpaired) electrons. The molecule has 0 saturated carbocycles. The molecule has 4 heterocycles. The molecule has 2 aromatic rings.